The highest BCUT2D eigenvalue weighted by Crippen LogP contribution is 2.62. The molecule has 0 amide bonds. The predicted octanol–water partition coefficient (Wildman–Crippen LogP) is 19.8. The molecule has 2 nitrogen and oxygen atoms in total. The molecule has 0 aromatic heterocycles. The smallest absolute Gasteiger partial charge is 0.0135 e. The summed E-state index contributed by atoms with van der Waals surface area (Å²) in [6, 6.07) is 5.54. The van der Waals surface area contributed by atoms with Gasteiger partial charge in [0.2, 0.25) is 0 Å². The quantitative estimate of drug-likeness (QED) is 0.227. The van der Waals surface area contributed by atoms with Gasteiger partial charge >= 0.3 is 0 Å². The van der Waals surface area contributed by atoms with E-state index in [1.54, 1.807) is 295 Å². The number of rotatable bonds is 9. The molecule has 0 heterocycles. The van der Waals surface area contributed by atoms with Crippen LogP contribution in [0.1, 0.15) is 308 Å². The van der Waals surface area contributed by atoms with Crippen LogP contribution in [0.25, 0.3) is 0 Å². The van der Waals surface area contributed by atoms with E-state index in [0.717, 1.165) is 143 Å². The topological polar surface area (TPSA) is 6.48 Å². The molecule has 0 bridgehead atoms. The highest BCUT2D eigenvalue weighted by molar-refractivity contribution is 5.08. The fourth-order valence-electron chi connectivity index (χ4n) is 26.3. The van der Waals surface area contributed by atoms with E-state index in [4.69, 9.17) is 0 Å². The maximum Gasteiger partial charge on any atom is 0.0135 e. The van der Waals surface area contributed by atoms with Crippen LogP contribution in [0.5, 0.6) is 0 Å². The van der Waals surface area contributed by atoms with Gasteiger partial charge in [-0.15, -0.1) is 0 Å². The van der Waals surface area contributed by atoms with Crippen molar-refractivity contribution in [1.82, 2.24) is 9.80 Å². The lowest BCUT2D eigenvalue weighted by Gasteiger charge is -2.61. The Kier molecular flexibility index (Phi) is 16.7. The zero-order valence-electron chi connectivity index (χ0n) is 48.7. The highest BCUT2D eigenvalue weighted by atomic mass is 15.2. The molecule has 0 saturated heterocycles. The van der Waals surface area contributed by atoms with Gasteiger partial charge in [0.15, 0.2) is 0 Å². The molecule has 0 spiro atoms. The van der Waals surface area contributed by atoms with E-state index in [1.165, 1.54) is 12.8 Å². The van der Waals surface area contributed by atoms with Crippen LogP contribution in [0.3, 0.4) is 0 Å². The minimum Gasteiger partial charge on any atom is -0.294 e. The molecule has 0 aromatic rings. The molecular formula is C72H120N2. The third-order valence-electron chi connectivity index (χ3n) is 29.5. The van der Waals surface area contributed by atoms with E-state index in [0.29, 0.717) is 0 Å². The van der Waals surface area contributed by atoms with Crippen LogP contribution in [-0.2, 0) is 0 Å². The fraction of sp³-hybridized carbons (Fsp3) is 1.00. The largest absolute Gasteiger partial charge is 0.294 e. The Balaban J connectivity index is 0.679. The van der Waals surface area contributed by atoms with E-state index in [9.17, 15) is 0 Å². The summed E-state index contributed by atoms with van der Waals surface area (Å²) in [7, 11) is 0. The van der Waals surface area contributed by atoms with Gasteiger partial charge in [0.1, 0.15) is 0 Å². The van der Waals surface area contributed by atoms with Crippen LogP contribution < -0.4 is 0 Å². The molecule has 14 aliphatic rings. The van der Waals surface area contributed by atoms with Crippen LogP contribution in [0.2, 0.25) is 0 Å². The van der Waals surface area contributed by atoms with E-state index < -0.39 is 0 Å². The summed E-state index contributed by atoms with van der Waals surface area (Å²) in [5.41, 5.74) is 0. The van der Waals surface area contributed by atoms with Gasteiger partial charge in [0.05, 0.1) is 0 Å². The molecule has 14 atom stereocenters. The monoisotopic (exact) mass is 1010 g/mol. The Morgan fingerprint density at radius 1 is 0.149 bits per heavy atom. The Morgan fingerprint density at radius 2 is 0.378 bits per heavy atom. The second kappa shape index (κ2) is 23.8. The van der Waals surface area contributed by atoms with Crippen LogP contribution in [0.15, 0.2) is 0 Å². The van der Waals surface area contributed by atoms with Gasteiger partial charge in [-0.1, -0.05) is 128 Å². The van der Waals surface area contributed by atoms with Crippen molar-refractivity contribution in [3.8, 4) is 0 Å². The lowest BCUT2D eigenvalue weighted by molar-refractivity contribution is -0.114. The van der Waals surface area contributed by atoms with Crippen molar-refractivity contribution in [3.05, 3.63) is 0 Å². The van der Waals surface area contributed by atoms with E-state index in [1.807, 2.05) is 0 Å². The average Bonchev–Trinajstić information content (AvgIpc) is 3.48. The SMILES string of the molecule is C1CCC(C2CCC(N(C3CCC(C4CCC(N(C5CCC(C6CCCCC6)CC5)C5CC6C7CCCCC7CCC6C6CCCCC65)CC4)CC3)C3CC4C5CCCCC5CCC4C4CCCCC43)CC2)CC1. The van der Waals surface area contributed by atoms with Crippen LogP contribution >= 0.6 is 0 Å². The van der Waals surface area contributed by atoms with Gasteiger partial charge in [0, 0.05) is 36.3 Å². The van der Waals surface area contributed by atoms with Gasteiger partial charge in [0.25, 0.3) is 0 Å². The van der Waals surface area contributed by atoms with Crippen LogP contribution in [0, 0.1) is 107 Å². The zero-order chi connectivity index (χ0) is 49.0. The molecule has 0 radical (unpaired) electrons. The van der Waals surface area contributed by atoms with Crippen molar-refractivity contribution in [2.75, 3.05) is 0 Å². The summed E-state index contributed by atoms with van der Waals surface area (Å²) in [5, 5.41) is 0. The van der Waals surface area contributed by atoms with Gasteiger partial charge in [-0.05, 0) is 286 Å². The molecule has 14 aliphatic carbocycles. The Labute approximate surface area is 458 Å². The van der Waals surface area contributed by atoms with Crippen LogP contribution in [-0.4, -0.2) is 46.1 Å². The molecule has 14 rings (SSSR count). The van der Waals surface area contributed by atoms with Gasteiger partial charge < -0.3 is 0 Å². The molecule has 2 heteroatoms. The lowest BCUT2D eigenvalue weighted by atomic mass is 9.50. The van der Waals surface area contributed by atoms with Crippen molar-refractivity contribution >= 4 is 0 Å². The highest BCUT2D eigenvalue weighted by Gasteiger charge is 2.56. The Bertz CT molecular complexity index is 1600. The summed E-state index contributed by atoms with van der Waals surface area (Å²) < 4.78 is 0. The Hall–Kier alpha value is -0.0800. The Morgan fingerprint density at radius 3 is 0.716 bits per heavy atom. The summed E-state index contributed by atoms with van der Waals surface area (Å²) in [4.78, 5) is 7.09. The van der Waals surface area contributed by atoms with Gasteiger partial charge in [-0.2, -0.15) is 0 Å². The minimum atomic E-state index is 0.912. The average molecular weight is 1010 g/mol. The molecular weight excluding hydrogens is 893 g/mol. The maximum absolute atomic E-state index is 3.55. The third-order valence-corrected chi connectivity index (χ3v) is 29.5. The first-order chi connectivity index (χ1) is 36.7. The minimum absolute atomic E-state index is 0.912. The number of fused-ring (bicyclic) bond motifs is 10. The molecule has 0 aliphatic heterocycles. The van der Waals surface area contributed by atoms with E-state index in [-0.39, 0.29) is 0 Å². The normalized spacial score (nSPS) is 49.9. The molecule has 0 aromatic carbocycles. The lowest BCUT2D eigenvalue weighted by Crippen LogP contribution is -2.61. The second-order valence-corrected chi connectivity index (χ2v) is 32.0. The summed E-state index contributed by atoms with van der Waals surface area (Å²) in [6.07, 6.45) is 75.9. The van der Waals surface area contributed by atoms with Gasteiger partial charge in [-0.3, -0.25) is 9.80 Å². The zero-order valence-corrected chi connectivity index (χ0v) is 48.7. The van der Waals surface area contributed by atoms with Gasteiger partial charge in [-0.25, -0.2) is 0 Å². The summed E-state index contributed by atoms with van der Waals surface area (Å²) >= 11 is 0. The maximum atomic E-state index is 3.55. The van der Waals surface area contributed by atoms with Crippen LogP contribution in [0.4, 0.5) is 0 Å². The van der Waals surface area contributed by atoms with Crippen molar-refractivity contribution < 1.29 is 0 Å². The first-order valence-electron chi connectivity index (χ1n) is 36.2. The molecule has 74 heavy (non-hydrogen) atoms. The number of nitrogens with zero attached hydrogens (tertiary/aromatic N) is 2. The van der Waals surface area contributed by atoms with Crippen molar-refractivity contribution in [2.24, 2.45) is 107 Å². The van der Waals surface area contributed by atoms with E-state index in [2.05, 4.69) is 9.80 Å². The first kappa shape index (κ1) is 52.0. The molecule has 14 fully saturated rings. The summed E-state index contributed by atoms with van der Waals surface area (Å²) in [5.74, 6) is 19.4. The summed E-state index contributed by atoms with van der Waals surface area (Å²) in [6.45, 7) is 0. The standard InChI is InChI=1S/C72H120N2/c1-3-15-49(16-4-1)51-27-37-57(38-28-51)73(71-47-69-61-21-9-7-19-55(61)35-45-65(69)63-23-11-13-25-67(63)71)59-41-31-53(32-42-59)54-33-43-60(44-34-54)74(58-39-29-52(30-40-58)50-17-5-2-6-18-50)72-48-70-62-22-10-8-20-56(62)36-46-66(70)64-24-12-14-26-68(64)72/h49-72H,1-48H2. The number of hydrogen-bond acceptors (Lipinski definition) is 2. The predicted molar refractivity (Wildman–Crippen MR) is 311 cm³/mol. The molecule has 418 valence electrons. The van der Waals surface area contributed by atoms with E-state index >= 15 is 0 Å². The third kappa shape index (κ3) is 10.5. The van der Waals surface area contributed by atoms with Crippen molar-refractivity contribution in [1.29, 1.82) is 0 Å². The molecule has 14 saturated carbocycles. The molecule has 14 unspecified atom stereocenters. The second-order valence-electron chi connectivity index (χ2n) is 32.0. The molecule has 0 N–H and O–H groups in total. The fourth-order valence-corrected chi connectivity index (χ4v) is 26.3. The van der Waals surface area contributed by atoms with Crippen molar-refractivity contribution in [2.45, 2.75) is 344 Å². The number of hydrogen-bond donors (Lipinski definition) is 0. The van der Waals surface area contributed by atoms with Crippen molar-refractivity contribution in [3.63, 3.8) is 0 Å². The first-order valence-corrected chi connectivity index (χ1v) is 36.2.